The van der Waals surface area contributed by atoms with Crippen LogP contribution < -0.4 is 9.47 Å². The minimum Gasteiger partial charge on any atom is -0.493 e. The van der Waals surface area contributed by atoms with E-state index in [1.165, 1.54) is 12.0 Å². The Morgan fingerprint density at radius 1 is 1.06 bits per heavy atom. The molecule has 180 valence electrons. The van der Waals surface area contributed by atoms with Crippen molar-refractivity contribution in [1.29, 1.82) is 0 Å². The fraction of sp³-hybridized carbons (Fsp3) is 0.154. The molecule has 3 aromatic rings. The predicted octanol–water partition coefficient (Wildman–Crippen LogP) is 7.62. The zero-order valence-electron chi connectivity index (χ0n) is 18.6. The van der Waals surface area contributed by atoms with E-state index < -0.39 is 0 Å². The molecule has 0 N–H and O–H groups in total. The highest BCUT2D eigenvalue weighted by atomic mass is 79.9. The molecule has 0 radical (unpaired) electrons. The summed E-state index contributed by atoms with van der Waals surface area (Å²) in [6.45, 7) is 0.545. The Hall–Kier alpha value is -2.45. The number of hydrogen-bond donors (Lipinski definition) is 0. The standard InChI is InChI=1S/C26H20BrCl2NO4S/c1-33-22-12-17(11-20(27)24(22)34-15-18-7-8-19(28)14-21(18)29)13-23-25(31)30(26(32)35-23)10-9-16-5-3-2-4-6-16/h2-8,11-14H,9-10,15H2,1H3/b23-13-. The van der Waals surface area contributed by atoms with Crippen LogP contribution in [-0.4, -0.2) is 29.7 Å². The Morgan fingerprint density at radius 2 is 1.83 bits per heavy atom. The maximum atomic E-state index is 12.9. The van der Waals surface area contributed by atoms with Crippen LogP contribution in [0.1, 0.15) is 16.7 Å². The lowest BCUT2D eigenvalue weighted by Crippen LogP contribution is -2.30. The summed E-state index contributed by atoms with van der Waals surface area (Å²) < 4.78 is 12.1. The van der Waals surface area contributed by atoms with Crippen molar-refractivity contribution in [3.05, 3.63) is 96.8 Å². The Balaban J connectivity index is 1.49. The highest BCUT2D eigenvalue weighted by Crippen LogP contribution is 2.40. The molecule has 1 fully saturated rings. The third-order valence-corrected chi connectivity index (χ3v) is 7.36. The molecular weight excluding hydrogens is 573 g/mol. The molecule has 1 heterocycles. The minimum absolute atomic E-state index is 0.213. The van der Waals surface area contributed by atoms with E-state index in [1.54, 1.807) is 36.4 Å². The second-order valence-corrected chi connectivity index (χ2v) is 10.3. The first-order valence-electron chi connectivity index (χ1n) is 10.6. The van der Waals surface area contributed by atoms with Crippen molar-refractivity contribution in [2.75, 3.05) is 13.7 Å². The van der Waals surface area contributed by atoms with E-state index in [0.717, 1.165) is 22.9 Å². The average Bonchev–Trinajstić information content (AvgIpc) is 3.10. The first kappa shape index (κ1) is 25.6. The third-order valence-electron chi connectivity index (χ3n) is 5.28. The Labute approximate surface area is 226 Å². The van der Waals surface area contributed by atoms with Gasteiger partial charge in [0.15, 0.2) is 11.5 Å². The number of nitrogens with zero attached hydrogens (tertiary/aromatic N) is 1. The van der Waals surface area contributed by atoms with Gasteiger partial charge in [-0.25, -0.2) is 0 Å². The van der Waals surface area contributed by atoms with Crippen LogP contribution in [-0.2, 0) is 17.8 Å². The largest absolute Gasteiger partial charge is 0.493 e. The molecule has 1 saturated heterocycles. The van der Waals surface area contributed by atoms with Crippen molar-refractivity contribution in [2.24, 2.45) is 0 Å². The van der Waals surface area contributed by atoms with Gasteiger partial charge in [0.05, 0.1) is 16.5 Å². The van der Waals surface area contributed by atoms with Crippen LogP contribution in [0.4, 0.5) is 4.79 Å². The van der Waals surface area contributed by atoms with Crippen LogP contribution in [0.2, 0.25) is 10.0 Å². The van der Waals surface area contributed by atoms with Crippen molar-refractivity contribution in [2.45, 2.75) is 13.0 Å². The number of amides is 2. The SMILES string of the molecule is COc1cc(/C=C2\SC(=O)N(CCc3ccccc3)C2=O)cc(Br)c1OCc1ccc(Cl)cc1Cl. The van der Waals surface area contributed by atoms with Crippen molar-refractivity contribution < 1.29 is 19.1 Å². The summed E-state index contributed by atoms with van der Waals surface area (Å²) in [5.74, 6) is 0.661. The van der Waals surface area contributed by atoms with Crippen molar-refractivity contribution in [1.82, 2.24) is 4.90 Å². The van der Waals surface area contributed by atoms with Gasteiger partial charge in [0.25, 0.3) is 11.1 Å². The quantitative estimate of drug-likeness (QED) is 0.252. The van der Waals surface area contributed by atoms with Gasteiger partial charge in [-0.3, -0.25) is 14.5 Å². The first-order chi connectivity index (χ1) is 16.9. The van der Waals surface area contributed by atoms with Crippen molar-refractivity contribution >= 4 is 68.1 Å². The number of carbonyl (C=O) groups is 2. The summed E-state index contributed by atoms with van der Waals surface area (Å²) >= 11 is 16.7. The number of hydrogen-bond acceptors (Lipinski definition) is 5. The minimum atomic E-state index is -0.302. The summed E-state index contributed by atoms with van der Waals surface area (Å²) in [7, 11) is 1.53. The molecule has 3 aromatic carbocycles. The molecule has 0 atom stereocenters. The molecule has 0 bridgehead atoms. The second-order valence-electron chi connectivity index (χ2n) is 7.63. The van der Waals surface area contributed by atoms with Gasteiger partial charge in [-0.05, 0) is 75.6 Å². The molecule has 0 aromatic heterocycles. The summed E-state index contributed by atoms with van der Waals surface area (Å²) in [5.41, 5.74) is 2.54. The lowest BCUT2D eigenvalue weighted by atomic mass is 10.1. The lowest BCUT2D eigenvalue weighted by Gasteiger charge is -2.14. The summed E-state index contributed by atoms with van der Waals surface area (Å²) in [4.78, 5) is 27.0. The van der Waals surface area contributed by atoms with Gasteiger partial charge in [-0.15, -0.1) is 0 Å². The van der Waals surface area contributed by atoms with E-state index in [-0.39, 0.29) is 17.8 Å². The Bertz CT molecular complexity index is 1300. The molecule has 0 unspecified atom stereocenters. The van der Waals surface area contributed by atoms with Gasteiger partial charge in [0.1, 0.15) is 6.61 Å². The number of methoxy groups -OCH3 is 1. The number of ether oxygens (including phenoxy) is 2. The Morgan fingerprint density at radius 3 is 2.54 bits per heavy atom. The van der Waals surface area contributed by atoms with Crippen molar-refractivity contribution in [3.8, 4) is 11.5 Å². The molecule has 1 aliphatic heterocycles. The van der Waals surface area contributed by atoms with E-state index in [1.807, 2.05) is 30.3 Å². The third kappa shape index (κ3) is 6.22. The van der Waals surface area contributed by atoms with Crippen LogP contribution in [0.15, 0.2) is 70.0 Å². The molecule has 2 amide bonds. The zero-order chi connectivity index (χ0) is 24.9. The zero-order valence-corrected chi connectivity index (χ0v) is 22.5. The summed E-state index contributed by atoms with van der Waals surface area (Å²) in [6.07, 6.45) is 2.29. The fourth-order valence-corrected chi connectivity index (χ4v) is 5.38. The maximum Gasteiger partial charge on any atom is 0.293 e. The van der Waals surface area contributed by atoms with Crippen LogP contribution in [0.25, 0.3) is 6.08 Å². The van der Waals surface area contributed by atoms with Crippen molar-refractivity contribution in [3.63, 3.8) is 0 Å². The smallest absolute Gasteiger partial charge is 0.293 e. The maximum absolute atomic E-state index is 12.9. The van der Waals surface area contributed by atoms with Crippen LogP contribution in [0.5, 0.6) is 11.5 Å². The number of carbonyl (C=O) groups excluding carboxylic acids is 2. The summed E-state index contributed by atoms with van der Waals surface area (Å²) in [5, 5.41) is 0.779. The van der Waals surface area contributed by atoms with E-state index in [2.05, 4.69) is 15.9 Å². The molecule has 0 saturated carbocycles. The fourth-order valence-electron chi connectivity index (χ4n) is 3.48. The molecule has 4 rings (SSSR count). The van der Waals surface area contributed by atoms with Gasteiger partial charge < -0.3 is 9.47 Å². The van der Waals surface area contributed by atoms with Crippen LogP contribution >= 0.6 is 50.9 Å². The molecule has 0 spiro atoms. The molecule has 9 heteroatoms. The number of benzene rings is 3. The molecular formula is C26H20BrCl2NO4S. The number of imide groups is 1. The van der Waals surface area contributed by atoms with E-state index in [9.17, 15) is 9.59 Å². The molecule has 0 aliphatic carbocycles. The number of thioether (sulfide) groups is 1. The monoisotopic (exact) mass is 591 g/mol. The van der Waals surface area contributed by atoms with E-state index in [4.69, 9.17) is 32.7 Å². The van der Waals surface area contributed by atoms with Gasteiger partial charge in [-0.1, -0.05) is 59.6 Å². The van der Waals surface area contributed by atoms with Crippen LogP contribution in [0, 0.1) is 0 Å². The van der Waals surface area contributed by atoms with E-state index >= 15 is 0 Å². The Kier molecular flexibility index (Phi) is 8.44. The number of halogens is 3. The summed E-state index contributed by atoms with van der Waals surface area (Å²) in [6, 6.07) is 18.5. The molecule has 35 heavy (non-hydrogen) atoms. The molecule has 5 nitrogen and oxygen atoms in total. The van der Waals surface area contributed by atoms with Gasteiger partial charge in [0, 0.05) is 22.2 Å². The first-order valence-corrected chi connectivity index (χ1v) is 13.0. The average molecular weight is 593 g/mol. The van der Waals surface area contributed by atoms with E-state index in [0.29, 0.717) is 49.5 Å². The molecule has 1 aliphatic rings. The normalized spacial score (nSPS) is 14.6. The highest BCUT2D eigenvalue weighted by Gasteiger charge is 2.34. The van der Waals surface area contributed by atoms with Gasteiger partial charge in [-0.2, -0.15) is 0 Å². The van der Waals surface area contributed by atoms with Crippen LogP contribution in [0.3, 0.4) is 0 Å². The lowest BCUT2D eigenvalue weighted by molar-refractivity contribution is -0.122. The van der Waals surface area contributed by atoms with Gasteiger partial charge >= 0.3 is 0 Å². The van der Waals surface area contributed by atoms with Gasteiger partial charge in [0.2, 0.25) is 0 Å². The highest BCUT2D eigenvalue weighted by molar-refractivity contribution is 9.10. The predicted molar refractivity (Wildman–Crippen MR) is 144 cm³/mol. The topological polar surface area (TPSA) is 55.8 Å². The second kappa shape index (κ2) is 11.5. The number of rotatable bonds is 8.